The molecule has 4 heteroatoms. The van der Waals surface area contributed by atoms with E-state index in [2.05, 4.69) is 5.32 Å². The highest BCUT2D eigenvalue weighted by Crippen LogP contribution is 2.03. The van der Waals surface area contributed by atoms with Crippen molar-refractivity contribution in [2.75, 3.05) is 13.7 Å². The zero-order chi connectivity index (χ0) is 12.7. The summed E-state index contributed by atoms with van der Waals surface area (Å²) in [7, 11) is 1.59. The average molecular weight is 236 g/mol. The van der Waals surface area contributed by atoms with E-state index in [1.807, 2.05) is 31.2 Å². The van der Waals surface area contributed by atoms with Gasteiger partial charge in [-0.1, -0.05) is 29.8 Å². The van der Waals surface area contributed by atoms with E-state index in [4.69, 9.17) is 10.5 Å². The van der Waals surface area contributed by atoms with Gasteiger partial charge in [-0.3, -0.25) is 4.79 Å². The van der Waals surface area contributed by atoms with Gasteiger partial charge in [0, 0.05) is 20.3 Å². The maximum absolute atomic E-state index is 11.6. The third-order valence-corrected chi connectivity index (χ3v) is 2.52. The second-order valence-electron chi connectivity index (χ2n) is 4.09. The van der Waals surface area contributed by atoms with Crippen LogP contribution in [-0.2, 0) is 16.1 Å². The van der Waals surface area contributed by atoms with E-state index < -0.39 is 6.04 Å². The molecule has 0 aliphatic carbocycles. The van der Waals surface area contributed by atoms with Crippen LogP contribution in [0, 0.1) is 6.92 Å². The molecule has 17 heavy (non-hydrogen) atoms. The van der Waals surface area contributed by atoms with E-state index in [1.165, 1.54) is 5.56 Å². The summed E-state index contributed by atoms with van der Waals surface area (Å²) in [4.78, 5) is 11.6. The highest BCUT2D eigenvalue weighted by Gasteiger charge is 2.12. The first-order chi connectivity index (χ1) is 8.13. The Kier molecular flexibility index (Phi) is 5.66. The van der Waals surface area contributed by atoms with Gasteiger partial charge in [0.25, 0.3) is 0 Å². The van der Waals surface area contributed by atoms with Gasteiger partial charge in [0.1, 0.15) is 0 Å². The third kappa shape index (κ3) is 4.97. The average Bonchev–Trinajstić information content (AvgIpc) is 2.33. The Morgan fingerprint density at radius 3 is 2.94 bits per heavy atom. The molecule has 0 aromatic heterocycles. The number of ether oxygens (including phenoxy) is 1. The summed E-state index contributed by atoms with van der Waals surface area (Å²) < 4.78 is 4.88. The normalized spacial score (nSPS) is 12.2. The van der Waals surface area contributed by atoms with Crippen molar-refractivity contribution in [2.45, 2.75) is 25.9 Å². The number of amides is 1. The summed E-state index contributed by atoms with van der Waals surface area (Å²) in [5.74, 6) is -0.136. The minimum Gasteiger partial charge on any atom is -0.385 e. The molecule has 0 aliphatic heterocycles. The lowest BCUT2D eigenvalue weighted by Crippen LogP contribution is -2.40. The van der Waals surface area contributed by atoms with Crippen molar-refractivity contribution >= 4 is 5.91 Å². The smallest absolute Gasteiger partial charge is 0.237 e. The van der Waals surface area contributed by atoms with Crippen LogP contribution in [0.2, 0.25) is 0 Å². The molecule has 94 valence electrons. The van der Waals surface area contributed by atoms with Crippen molar-refractivity contribution in [1.82, 2.24) is 5.32 Å². The summed E-state index contributed by atoms with van der Waals surface area (Å²) in [5.41, 5.74) is 7.97. The molecule has 1 rings (SSSR count). The Hall–Kier alpha value is -1.39. The topological polar surface area (TPSA) is 64.3 Å². The first-order valence-electron chi connectivity index (χ1n) is 5.71. The van der Waals surface area contributed by atoms with Crippen molar-refractivity contribution < 1.29 is 9.53 Å². The number of carbonyl (C=O) groups is 1. The minimum absolute atomic E-state index is 0.136. The van der Waals surface area contributed by atoms with Crippen LogP contribution in [0.3, 0.4) is 0 Å². The first kappa shape index (κ1) is 13.7. The predicted octanol–water partition coefficient (Wildman–Crippen LogP) is 0.975. The molecule has 1 amide bonds. The molecule has 3 N–H and O–H groups in total. The number of nitrogens with one attached hydrogen (secondary N) is 1. The fourth-order valence-corrected chi connectivity index (χ4v) is 1.52. The van der Waals surface area contributed by atoms with Crippen molar-refractivity contribution in [2.24, 2.45) is 5.73 Å². The first-order valence-corrected chi connectivity index (χ1v) is 5.71. The lowest BCUT2D eigenvalue weighted by Gasteiger charge is -2.11. The van der Waals surface area contributed by atoms with E-state index in [0.29, 0.717) is 19.6 Å². The Morgan fingerprint density at radius 2 is 2.29 bits per heavy atom. The van der Waals surface area contributed by atoms with Crippen molar-refractivity contribution in [3.05, 3.63) is 35.4 Å². The SMILES string of the molecule is COCCC(N)C(=O)NCc1cccc(C)c1. The Morgan fingerprint density at radius 1 is 1.53 bits per heavy atom. The molecule has 1 atom stereocenters. The van der Waals surface area contributed by atoms with Crippen molar-refractivity contribution in [3.63, 3.8) is 0 Å². The van der Waals surface area contributed by atoms with Gasteiger partial charge in [0.2, 0.25) is 5.91 Å². The molecule has 0 fully saturated rings. The quantitative estimate of drug-likeness (QED) is 0.773. The molecule has 0 saturated carbocycles. The van der Waals surface area contributed by atoms with E-state index >= 15 is 0 Å². The van der Waals surface area contributed by atoms with Gasteiger partial charge in [-0.25, -0.2) is 0 Å². The predicted molar refractivity (Wildman–Crippen MR) is 67.5 cm³/mol. The van der Waals surface area contributed by atoms with Crippen LogP contribution in [0.15, 0.2) is 24.3 Å². The molecule has 1 aromatic carbocycles. The molecule has 1 aromatic rings. The highest BCUT2D eigenvalue weighted by atomic mass is 16.5. The number of hydrogen-bond acceptors (Lipinski definition) is 3. The lowest BCUT2D eigenvalue weighted by molar-refractivity contribution is -0.122. The van der Waals surface area contributed by atoms with Crippen LogP contribution in [-0.4, -0.2) is 25.7 Å². The second-order valence-corrected chi connectivity index (χ2v) is 4.09. The number of aryl methyl sites for hydroxylation is 1. The Labute approximate surface area is 102 Å². The molecule has 1 unspecified atom stereocenters. The fraction of sp³-hybridized carbons (Fsp3) is 0.462. The maximum atomic E-state index is 11.6. The van der Waals surface area contributed by atoms with Gasteiger partial charge in [-0.15, -0.1) is 0 Å². The molecular formula is C13H20N2O2. The summed E-state index contributed by atoms with van der Waals surface area (Å²) in [6.45, 7) is 3.04. The minimum atomic E-state index is -0.500. The zero-order valence-electron chi connectivity index (χ0n) is 10.4. The number of benzene rings is 1. The number of nitrogens with two attached hydrogens (primary N) is 1. The highest BCUT2D eigenvalue weighted by molar-refractivity contribution is 5.81. The summed E-state index contributed by atoms with van der Waals surface area (Å²) >= 11 is 0. The van der Waals surface area contributed by atoms with E-state index in [9.17, 15) is 4.79 Å². The van der Waals surface area contributed by atoms with Gasteiger partial charge < -0.3 is 15.8 Å². The van der Waals surface area contributed by atoms with Gasteiger partial charge in [-0.05, 0) is 18.9 Å². The molecular weight excluding hydrogens is 216 g/mol. The lowest BCUT2D eigenvalue weighted by atomic mass is 10.1. The number of carbonyl (C=O) groups excluding carboxylic acids is 1. The van der Waals surface area contributed by atoms with Crippen LogP contribution in [0.5, 0.6) is 0 Å². The van der Waals surface area contributed by atoms with Crippen LogP contribution in [0.25, 0.3) is 0 Å². The summed E-state index contributed by atoms with van der Waals surface area (Å²) in [5, 5.41) is 2.82. The van der Waals surface area contributed by atoms with Crippen LogP contribution < -0.4 is 11.1 Å². The van der Waals surface area contributed by atoms with Gasteiger partial charge in [-0.2, -0.15) is 0 Å². The largest absolute Gasteiger partial charge is 0.385 e. The molecule has 0 bridgehead atoms. The Balaban J connectivity index is 2.37. The molecule has 4 nitrogen and oxygen atoms in total. The maximum Gasteiger partial charge on any atom is 0.237 e. The fourth-order valence-electron chi connectivity index (χ4n) is 1.52. The molecule has 0 saturated heterocycles. The van der Waals surface area contributed by atoms with E-state index in [0.717, 1.165) is 5.56 Å². The summed E-state index contributed by atoms with van der Waals surface area (Å²) in [6, 6.07) is 7.52. The molecule has 0 radical (unpaired) electrons. The Bertz CT molecular complexity index is 366. The van der Waals surface area contributed by atoms with E-state index in [-0.39, 0.29) is 5.91 Å². The third-order valence-electron chi connectivity index (χ3n) is 2.52. The summed E-state index contributed by atoms with van der Waals surface area (Å²) in [6.07, 6.45) is 0.538. The second kappa shape index (κ2) is 7.04. The van der Waals surface area contributed by atoms with Crippen LogP contribution >= 0.6 is 0 Å². The van der Waals surface area contributed by atoms with Gasteiger partial charge >= 0.3 is 0 Å². The van der Waals surface area contributed by atoms with Gasteiger partial charge in [0.15, 0.2) is 0 Å². The molecule has 0 aliphatic rings. The van der Waals surface area contributed by atoms with Crippen molar-refractivity contribution in [3.8, 4) is 0 Å². The van der Waals surface area contributed by atoms with Crippen LogP contribution in [0.4, 0.5) is 0 Å². The molecule has 0 spiro atoms. The van der Waals surface area contributed by atoms with Crippen molar-refractivity contribution in [1.29, 1.82) is 0 Å². The standard InChI is InChI=1S/C13H20N2O2/c1-10-4-3-5-11(8-10)9-15-13(16)12(14)6-7-17-2/h3-5,8,12H,6-7,9,14H2,1-2H3,(H,15,16). The number of methoxy groups -OCH3 is 1. The number of rotatable bonds is 6. The van der Waals surface area contributed by atoms with Gasteiger partial charge in [0.05, 0.1) is 6.04 Å². The monoisotopic (exact) mass is 236 g/mol. The van der Waals surface area contributed by atoms with Crippen LogP contribution in [0.1, 0.15) is 17.5 Å². The number of hydrogen-bond donors (Lipinski definition) is 2. The zero-order valence-corrected chi connectivity index (χ0v) is 10.4. The molecule has 0 heterocycles. The van der Waals surface area contributed by atoms with E-state index in [1.54, 1.807) is 7.11 Å².